The van der Waals surface area contributed by atoms with Crippen LogP contribution in [0.2, 0.25) is 0 Å². The van der Waals surface area contributed by atoms with E-state index in [9.17, 15) is 4.79 Å². The Kier molecular flexibility index (Phi) is 2.90. The average molecular weight is 332 g/mol. The standard InChI is InChI=1S/C17H13N7O/c25-16(10-7-13-14(19-8-10)21-9-20-13)23-17-22-12-4-2-1-3-11(12)15-18-5-6-24(15)17/h1-4,7-9H,5-6H2,(H2,18,19,20,21,22,23,25)/p+1. The zero-order valence-electron chi connectivity index (χ0n) is 13.2. The Hall–Kier alpha value is -3.55. The van der Waals surface area contributed by atoms with Gasteiger partial charge in [-0.05, 0) is 18.2 Å². The van der Waals surface area contributed by atoms with Crippen LogP contribution >= 0.6 is 0 Å². The zero-order chi connectivity index (χ0) is 16.8. The van der Waals surface area contributed by atoms with Gasteiger partial charge in [0.15, 0.2) is 5.65 Å². The molecule has 0 saturated carbocycles. The number of para-hydroxylation sites is 1. The SMILES string of the molecule is O=C(Nc1nc2ccccc2c2[n+]1CCN2)c1cnc2nc[nH]c2c1. The van der Waals surface area contributed by atoms with E-state index in [1.807, 2.05) is 28.8 Å². The lowest BCUT2D eigenvalue weighted by molar-refractivity contribution is -0.657. The van der Waals surface area contributed by atoms with Crippen molar-refractivity contribution in [3.05, 3.63) is 48.4 Å². The molecular weight excluding hydrogens is 318 g/mol. The second-order valence-electron chi connectivity index (χ2n) is 5.83. The molecule has 4 heterocycles. The van der Waals surface area contributed by atoms with Gasteiger partial charge in [-0.25, -0.2) is 19.9 Å². The Balaban J connectivity index is 1.56. The van der Waals surface area contributed by atoms with E-state index in [0.717, 1.165) is 35.3 Å². The summed E-state index contributed by atoms with van der Waals surface area (Å²) in [7, 11) is 0. The van der Waals surface area contributed by atoms with Crippen molar-refractivity contribution in [2.24, 2.45) is 0 Å². The normalized spacial score (nSPS) is 13.0. The summed E-state index contributed by atoms with van der Waals surface area (Å²) in [5.41, 5.74) is 2.59. The lowest BCUT2D eigenvalue weighted by atomic mass is 10.2. The molecule has 1 aliphatic heterocycles. The summed E-state index contributed by atoms with van der Waals surface area (Å²) in [6.45, 7) is 1.56. The molecule has 3 aromatic heterocycles. The number of nitrogens with zero attached hydrogens (tertiary/aromatic N) is 4. The van der Waals surface area contributed by atoms with Crippen molar-refractivity contribution in [1.29, 1.82) is 0 Å². The highest BCUT2D eigenvalue weighted by Gasteiger charge is 2.26. The number of rotatable bonds is 2. The van der Waals surface area contributed by atoms with E-state index in [-0.39, 0.29) is 5.91 Å². The van der Waals surface area contributed by atoms with Crippen LogP contribution in [0.5, 0.6) is 0 Å². The zero-order valence-corrected chi connectivity index (χ0v) is 13.2. The number of carbonyl (C=O) groups excluding carboxylic acids is 1. The molecule has 8 heteroatoms. The number of pyridine rings is 1. The molecule has 3 N–H and O–H groups in total. The second-order valence-corrected chi connectivity index (χ2v) is 5.83. The van der Waals surface area contributed by atoms with Crippen molar-refractivity contribution in [3.63, 3.8) is 0 Å². The third kappa shape index (κ3) is 2.18. The maximum absolute atomic E-state index is 12.7. The lowest BCUT2D eigenvalue weighted by Gasteiger charge is -2.07. The van der Waals surface area contributed by atoms with Crippen molar-refractivity contribution in [3.8, 4) is 0 Å². The maximum Gasteiger partial charge on any atom is 0.355 e. The number of anilines is 2. The van der Waals surface area contributed by atoms with Crippen LogP contribution in [-0.4, -0.2) is 32.4 Å². The lowest BCUT2D eigenvalue weighted by Crippen LogP contribution is -2.37. The molecule has 8 nitrogen and oxygen atoms in total. The molecule has 1 amide bonds. The number of aromatic nitrogens is 5. The first kappa shape index (κ1) is 13.8. The average Bonchev–Trinajstić information content (AvgIpc) is 3.30. The summed E-state index contributed by atoms with van der Waals surface area (Å²) >= 11 is 0. The quantitative estimate of drug-likeness (QED) is 0.483. The number of H-pyrrole nitrogens is 1. The number of fused-ring (bicyclic) bond motifs is 4. The number of nitrogens with one attached hydrogen (secondary N) is 3. The molecule has 5 rings (SSSR count). The van der Waals surface area contributed by atoms with E-state index in [1.165, 1.54) is 6.20 Å². The Morgan fingerprint density at radius 2 is 2.16 bits per heavy atom. The Morgan fingerprint density at radius 1 is 1.24 bits per heavy atom. The molecule has 1 aliphatic rings. The molecule has 0 fully saturated rings. The predicted octanol–water partition coefficient (Wildman–Crippen LogP) is 1.47. The first-order chi connectivity index (χ1) is 12.3. The number of aromatic amines is 1. The minimum absolute atomic E-state index is 0.256. The van der Waals surface area contributed by atoms with E-state index in [4.69, 9.17) is 0 Å². The van der Waals surface area contributed by atoms with Crippen LogP contribution in [0.4, 0.5) is 11.8 Å². The van der Waals surface area contributed by atoms with Crippen LogP contribution in [0.1, 0.15) is 10.4 Å². The molecule has 0 radical (unpaired) electrons. The van der Waals surface area contributed by atoms with Crippen molar-refractivity contribution < 1.29 is 9.36 Å². The predicted molar refractivity (Wildman–Crippen MR) is 92.3 cm³/mol. The summed E-state index contributed by atoms with van der Waals surface area (Å²) in [5, 5.41) is 7.31. The molecule has 0 atom stereocenters. The number of benzene rings is 1. The summed E-state index contributed by atoms with van der Waals surface area (Å²) in [4.78, 5) is 28.5. The first-order valence-corrected chi connectivity index (χ1v) is 7.96. The van der Waals surface area contributed by atoms with Gasteiger partial charge in [0.25, 0.3) is 0 Å². The van der Waals surface area contributed by atoms with Crippen molar-refractivity contribution >= 4 is 39.7 Å². The minimum atomic E-state index is -0.256. The molecule has 1 aromatic carbocycles. The van der Waals surface area contributed by atoms with Gasteiger partial charge in [-0.3, -0.25) is 4.79 Å². The molecule has 25 heavy (non-hydrogen) atoms. The Labute approximate surface area is 141 Å². The summed E-state index contributed by atoms with van der Waals surface area (Å²) in [5.74, 6) is 1.24. The fourth-order valence-corrected chi connectivity index (χ4v) is 3.11. The van der Waals surface area contributed by atoms with E-state index in [2.05, 4.69) is 30.6 Å². The number of imidazole rings is 1. The van der Waals surface area contributed by atoms with E-state index in [0.29, 0.717) is 17.2 Å². The third-order valence-electron chi connectivity index (χ3n) is 4.30. The van der Waals surface area contributed by atoms with E-state index >= 15 is 0 Å². The molecule has 0 aliphatic carbocycles. The van der Waals surface area contributed by atoms with Crippen molar-refractivity contribution in [2.75, 3.05) is 17.2 Å². The fraction of sp³-hybridized carbons (Fsp3) is 0.118. The largest absolute Gasteiger partial charge is 0.355 e. The van der Waals surface area contributed by atoms with Gasteiger partial charge in [0, 0.05) is 6.20 Å². The number of amides is 1. The summed E-state index contributed by atoms with van der Waals surface area (Å²) in [6.07, 6.45) is 3.07. The van der Waals surface area contributed by atoms with Gasteiger partial charge in [-0.1, -0.05) is 12.1 Å². The summed E-state index contributed by atoms with van der Waals surface area (Å²) in [6, 6.07) is 9.60. The van der Waals surface area contributed by atoms with Crippen LogP contribution < -0.4 is 15.2 Å². The van der Waals surface area contributed by atoms with Crippen molar-refractivity contribution in [2.45, 2.75) is 6.54 Å². The minimum Gasteiger partial charge on any atom is -0.343 e. The van der Waals surface area contributed by atoms with Gasteiger partial charge in [-0.15, -0.1) is 4.98 Å². The Morgan fingerprint density at radius 3 is 3.12 bits per heavy atom. The first-order valence-electron chi connectivity index (χ1n) is 7.96. The van der Waals surface area contributed by atoms with Gasteiger partial charge >= 0.3 is 11.9 Å². The molecule has 4 aromatic rings. The number of carbonyl (C=O) groups is 1. The maximum atomic E-state index is 12.7. The van der Waals surface area contributed by atoms with Gasteiger partial charge < -0.3 is 10.3 Å². The highest BCUT2D eigenvalue weighted by Crippen LogP contribution is 2.22. The molecule has 0 spiro atoms. The molecule has 122 valence electrons. The van der Waals surface area contributed by atoms with Crippen LogP contribution in [0, 0.1) is 0 Å². The third-order valence-corrected chi connectivity index (χ3v) is 4.30. The topological polar surface area (TPSA) is 99.5 Å². The highest BCUT2D eigenvalue weighted by molar-refractivity contribution is 6.04. The van der Waals surface area contributed by atoms with Crippen molar-refractivity contribution in [1.82, 2.24) is 19.9 Å². The van der Waals surface area contributed by atoms with E-state index < -0.39 is 0 Å². The number of hydrogen-bond acceptors (Lipinski definition) is 5. The van der Waals surface area contributed by atoms with Crippen LogP contribution in [0.3, 0.4) is 0 Å². The fourth-order valence-electron chi connectivity index (χ4n) is 3.11. The van der Waals surface area contributed by atoms with Crippen LogP contribution in [0.25, 0.3) is 22.1 Å². The van der Waals surface area contributed by atoms with E-state index in [1.54, 1.807) is 12.4 Å². The molecule has 0 saturated heterocycles. The van der Waals surface area contributed by atoms with Crippen LogP contribution in [-0.2, 0) is 6.54 Å². The molecule has 0 unspecified atom stereocenters. The summed E-state index contributed by atoms with van der Waals surface area (Å²) < 4.78 is 1.99. The van der Waals surface area contributed by atoms with Gasteiger partial charge in [0.1, 0.15) is 5.52 Å². The highest BCUT2D eigenvalue weighted by atomic mass is 16.1. The van der Waals surface area contributed by atoms with Gasteiger partial charge in [-0.2, -0.15) is 0 Å². The number of hydrogen-bond donors (Lipinski definition) is 3. The van der Waals surface area contributed by atoms with Gasteiger partial charge in [0.2, 0.25) is 5.82 Å². The molecule has 0 bridgehead atoms. The smallest absolute Gasteiger partial charge is 0.343 e. The Bertz CT molecular complexity index is 1130. The van der Waals surface area contributed by atoms with Gasteiger partial charge in [0.05, 0.1) is 35.9 Å². The monoisotopic (exact) mass is 332 g/mol. The van der Waals surface area contributed by atoms with Crippen LogP contribution in [0.15, 0.2) is 42.9 Å². The second kappa shape index (κ2) is 5.23. The molecular formula is C17H14N7O+.